The second-order valence-electron chi connectivity index (χ2n) is 5.71. The van der Waals surface area contributed by atoms with Crippen molar-refractivity contribution in [2.24, 2.45) is 5.73 Å². The summed E-state index contributed by atoms with van der Waals surface area (Å²) in [7, 11) is 0. The fourth-order valence-corrected chi connectivity index (χ4v) is 1.91. The van der Waals surface area contributed by atoms with Crippen LogP contribution in [0.2, 0.25) is 0 Å². The molecule has 2 heterocycles. The maximum Gasteiger partial charge on any atom is 0.490 e. The molecule has 15 heteroatoms. The van der Waals surface area contributed by atoms with Crippen molar-refractivity contribution in [1.82, 2.24) is 15.0 Å². The molecule has 0 atom stereocenters. The number of alkyl halides is 6. The highest BCUT2D eigenvalue weighted by Gasteiger charge is 2.38. The molecule has 0 saturated heterocycles. The van der Waals surface area contributed by atoms with E-state index in [1.165, 1.54) is 0 Å². The Labute approximate surface area is 173 Å². The lowest BCUT2D eigenvalue weighted by atomic mass is 10.1. The smallest absolute Gasteiger partial charge is 0.475 e. The fourth-order valence-electron chi connectivity index (χ4n) is 1.91. The fraction of sp³-hybridized carbons (Fsp3) is 0.176. The van der Waals surface area contributed by atoms with E-state index >= 15 is 0 Å². The van der Waals surface area contributed by atoms with E-state index in [2.05, 4.69) is 15.0 Å². The third-order valence-electron chi connectivity index (χ3n) is 3.38. The number of aromatic amines is 2. The SMILES string of the molecule is NCc1ccc(-c2cnc3[nH]c(=O)[nH]c3c2)cc1.O=C(O)C(F)(F)F.O=C(O)C(F)(F)F. The van der Waals surface area contributed by atoms with Crippen LogP contribution in [0.15, 0.2) is 41.3 Å². The van der Waals surface area contributed by atoms with Gasteiger partial charge in [0.15, 0.2) is 5.65 Å². The average Bonchev–Trinajstić information content (AvgIpc) is 3.06. The third-order valence-corrected chi connectivity index (χ3v) is 3.38. The monoisotopic (exact) mass is 468 g/mol. The lowest BCUT2D eigenvalue weighted by Gasteiger charge is -2.02. The van der Waals surface area contributed by atoms with Gasteiger partial charge < -0.3 is 20.9 Å². The van der Waals surface area contributed by atoms with Gasteiger partial charge in [0.2, 0.25) is 0 Å². The molecule has 0 spiro atoms. The average molecular weight is 468 g/mol. The summed E-state index contributed by atoms with van der Waals surface area (Å²) >= 11 is 0. The van der Waals surface area contributed by atoms with Crippen molar-refractivity contribution in [3.63, 3.8) is 0 Å². The van der Waals surface area contributed by atoms with Crippen LogP contribution < -0.4 is 11.4 Å². The zero-order chi connectivity index (χ0) is 24.7. The lowest BCUT2D eigenvalue weighted by Crippen LogP contribution is -2.21. The van der Waals surface area contributed by atoms with Gasteiger partial charge in [-0.2, -0.15) is 26.3 Å². The first kappa shape index (κ1) is 26.2. The maximum atomic E-state index is 11.2. The van der Waals surface area contributed by atoms with Crippen LogP contribution in [0.5, 0.6) is 0 Å². The molecule has 0 saturated carbocycles. The van der Waals surface area contributed by atoms with Gasteiger partial charge >= 0.3 is 30.0 Å². The molecule has 0 aliphatic rings. The first-order valence-corrected chi connectivity index (χ1v) is 8.12. The summed E-state index contributed by atoms with van der Waals surface area (Å²) in [5, 5.41) is 14.2. The first-order chi connectivity index (χ1) is 14.6. The number of carboxylic acids is 2. The Hall–Kier alpha value is -3.88. The van der Waals surface area contributed by atoms with Crippen molar-refractivity contribution in [2.45, 2.75) is 18.9 Å². The highest BCUT2D eigenvalue weighted by atomic mass is 19.4. The molecule has 0 amide bonds. The van der Waals surface area contributed by atoms with Crippen molar-refractivity contribution < 1.29 is 46.1 Å². The topological polar surface area (TPSA) is 162 Å². The Morgan fingerprint density at radius 2 is 1.38 bits per heavy atom. The van der Waals surface area contributed by atoms with Crippen molar-refractivity contribution in [3.05, 3.63) is 52.6 Å². The molecule has 0 aliphatic heterocycles. The molecule has 0 fully saturated rings. The Balaban J connectivity index is 0.000000305. The van der Waals surface area contributed by atoms with Gasteiger partial charge in [-0.15, -0.1) is 0 Å². The molecule has 0 radical (unpaired) electrons. The second-order valence-corrected chi connectivity index (χ2v) is 5.71. The number of nitrogens with two attached hydrogens (primary N) is 1. The van der Waals surface area contributed by atoms with Crippen LogP contribution >= 0.6 is 0 Å². The van der Waals surface area contributed by atoms with Gasteiger partial charge in [-0.3, -0.25) is 4.98 Å². The van der Waals surface area contributed by atoms with Crippen molar-refractivity contribution >= 4 is 23.1 Å². The van der Waals surface area contributed by atoms with Gasteiger partial charge in [0, 0.05) is 18.3 Å². The molecule has 0 aliphatic carbocycles. The molecular weight excluding hydrogens is 454 g/mol. The molecule has 2 aromatic heterocycles. The standard InChI is InChI=1S/C13H12N4O.2C2HF3O2/c14-6-8-1-3-9(4-2-8)10-5-11-12(15-7-10)17-13(18)16-11;2*3-2(4,5)1(6)7/h1-5,7H,6,14H2,(H2,15,16,17,18);2*(H,6,7). The second kappa shape index (κ2) is 10.4. The van der Waals surface area contributed by atoms with Gasteiger partial charge in [-0.05, 0) is 17.2 Å². The van der Waals surface area contributed by atoms with Crippen LogP contribution in [-0.4, -0.2) is 49.5 Å². The molecule has 32 heavy (non-hydrogen) atoms. The minimum Gasteiger partial charge on any atom is -0.475 e. The summed E-state index contributed by atoms with van der Waals surface area (Å²) in [6.45, 7) is 0.530. The number of hydrogen-bond acceptors (Lipinski definition) is 5. The molecule has 0 bridgehead atoms. The van der Waals surface area contributed by atoms with Gasteiger partial charge in [-0.1, -0.05) is 24.3 Å². The van der Waals surface area contributed by atoms with Crippen LogP contribution in [0.4, 0.5) is 26.3 Å². The van der Waals surface area contributed by atoms with Crippen LogP contribution in [-0.2, 0) is 16.1 Å². The highest BCUT2D eigenvalue weighted by molar-refractivity contribution is 5.77. The summed E-state index contributed by atoms with van der Waals surface area (Å²) < 4.78 is 63.5. The Kier molecular flexibility index (Phi) is 8.52. The van der Waals surface area contributed by atoms with Gasteiger partial charge in [-0.25, -0.2) is 19.4 Å². The maximum absolute atomic E-state index is 11.2. The van der Waals surface area contributed by atoms with Crippen LogP contribution in [0, 0.1) is 0 Å². The quantitative estimate of drug-likeness (QED) is 0.361. The zero-order valence-corrected chi connectivity index (χ0v) is 15.6. The number of nitrogens with zero attached hydrogens (tertiary/aromatic N) is 1. The summed E-state index contributed by atoms with van der Waals surface area (Å²) in [6, 6.07) is 9.86. The van der Waals surface area contributed by atoms with E-state index < -0.39 is 24.3 Å². The number of H-pyrrole nitrogens is 2. The summed E-state index contributed by atoms with van der Waals surface area (Å²) in [6.07, 6.45) is -8.43. The molecule has 1 aromatic carbocycles. The number of imidazole rings is 1. The zero-order valence-electron chi connectivity index (χ0n) is 15.6. The van der Waals surface area contributed by atoms with Gasteiger partial charge in [0.1, 0.15) is 0 Å². The van der Waals surface area contributed by atoms with E-state index in [4.69, 9.17) is 25.5 Å². The number of nitrogens with one attached hydrogen (secondary N) is 2. The molecule has 9 nitrogen and oxygen atoms in total. The van der Waals surface area contributed by atoms with E-state index in [0.717, 1.165) is 16.7 Å². The minimum absolute atomic E-state index is 0.242. The van der Waals surface area contributed by atoms with E-state index in [1.54, 1.807) is 6.20 Å². The van der Waals surface area contributed by atoms with Gasteiger partial charge in [0.05, 0.1) is 5.52 Å². The van der Waals surface area contributed by atoms with E-state index in [0.29, 0.717) is 17.7 Å². The molecule has 3 rings (SSSR count). The largest absolute Gasteiger partial charge is 0.490 e. The number of carboxylic acid groups (broad SMARTS) is 2. The first-order valence-electron chi connectivity index (χ1n) is 8.12. The van der Waals surface area contributed by atoms with Crippen LogP contribution in [0.3, 0.4) is 0 Å². The van der Waals surface area contributed by atoms with Gasteiger partial charge in [0.25, 0.3) is 0 Å². The summed E-state index contributed by atoms with van der Waals surface area (Å²) in [5.41, 5.74) is 9.69. The number of pyridine rings is 1. The Morgan fingerprint density at radius 1 is 0.906 bits per heavy atom. The minimum atomic E-state index is -5.08. The number of aromatic nitrogens is 3. The number of benzene rings is 1. The molecule has 6 N–H and O–H groups in total. The predicted molar refractivity (Wildman–Crippen MR) is 97.4 cm³/mol. The highest BCUT2D eigenvalue weighted by Crippen LogP contribution is 2.21. The normalized spacial score (nSPS) is 11.1. The van der Waals surface area contributed by atoms with Crippen molar-refractivity contribution in [3.8, 4) is 11.1 Å². The van der Waals surface area contributed by atoms with Crippen molar-refractivity contribution in [1.29, 1.82) is 0 Å². The lowest BCUT2D eigenvalue weighted by molar-refractivity contribution is -0.193. The summed E-state index contributed by atoms with van der Waals surface area (Å²) in [5.74, 6) is -5.51. The Bertz CT molecular complexity index is 1100. The molecule has 3 aromatic rings. The number of halogens is 6. The molecule has 0 unspecified atom stereocenters. The number of fused-ring (bicyclic) bond motifs is 1. The summed E-state index contributed by atoms with van der Waals surface area (Å²) in [4.78, 5) is 38.5. The van der Waals surface area contributed by atoms with E-state index in [-0.39, 0.29) is 5.69 Å². The number of carbonyl (C=O) groups is 2. The predicted octanol–water partition coefficient (Wildman–Crippen LogP) is 2.64. The van der Waals surface area contributed by atoms with E-state index in [1.807, 2.05) is 30.3 Å². The number of hydrogen-bond donors (Lipinski definition) is 5. The van der Waals surface area contributed by atoms with E-state index in [9.17, 15) is 31.1 Å². The van der Waals surface area contributed by atoms with Crippen molar-refractivity contribution in [2.75, 3.05) is 0 Å². The van der Waals surface area contributed by atoms with Crippen LogP contribution in [0.25, 0.3) is 22.3 Å². The van der Waals surface area contributed by atoms with Crippen LogP contribution in [0.1, 0.15) is 5.56 Å². The molecule has 174 valence electrons. The number of rotatable bonds is 2. The molecular formula is C17H14F6N4O5. The third kappa shape index (κ3) is 8.10. The Morgan fingerprint density at radius 3 is 1.78 bits per heavy atom. The number of aliphatic carboxylic acids is 2.